The number of carbonyl (C=O) groups excluding carboxylic acids is 2. The van der Waals surface area contributed by atoms with E-state index >= 15 is 0 Å². The van der Waals surface area contributed by atoms with Crippen LogP contribution in [0.25, 0.3) is 0 Å². The van der Waals surface area contributed by atoms with E-state index in [-0.39, 0.29) is 24.2 Å². The summed E-state index contributed by atoms with van der Waals surface area (Å²) < 4.78 is 10.4. The number of hydrogen-bond donors (Lipinski definition) is 3. The number of hydrogen-bond acceptors (Lipinski definition) is 5. The number of amides is 2. The zero-order chi connectivity index (χ0) is 18.1. The van der Waals surface area contributed by atoms with Gasteiger partial charge in [-0.3, -0.25) is 9.59 Å². The van der Waals surface area contributed by atoms with Crippen molar-refractivity contribution in [3.63, 3.8) is 0 Å². The molecule has 0 unspecified atom stereocenters. The molecule has 0 saturated carbocycles. The van der Waals surface area contributed by atoms with Crippen LogP contribution in [0.4, 0.5) is 0 Å². The van der Waals surface area contributed by atoms with Gasteiger partial charge in [-0.15, -0.1) is 12.4 Å². The van der Waals surface area contributed by atoms with Crippen LogP contribution >= 0.6 is 12.4 Å². The Morgan fingerprint density at radius 1 is 1.15 bits per heavy atom. The van der Waals surface area contributed by atoms with E-state index < -0.39 is 5.41 Å². The van der Waals surface area contributed by atoms with Crippen molar-refractivity contribution in [3.05, 3.63) is 29.8 Å². The molecule has 2 amide bonds. The lowest BCUT2D eigenvalue weighted by molar-refractivity contribution is -0.136. The Labute approximate surface area is 160 Å². The minimum Gasteiger partial charge on any atom is -0.497 e. The Bertz CT molecular complexity index is 586. The smallest absolute Gasteiger partial charge is 0.251 e. The first-order valence-corrected chi connectivity index (χ1v) is 8.51. The number of ether oxygens (including phenoxy) is 2. The van der Waals surface area contributed by atoms with Crippen molar-refractivity contribution in [2.24, 2.45) is 5.41 Å². The van der Waals surface area contributed by atoms with Crippen molar-refractivity contribution in [1.82, 2.24) is 16.0 Å². The quantitative estimate of drug-likeness (QED) is 0.580. The van der Waals surface area contributed by atoms with Gasteiger partial charge in [-0.2, -0.15) is 0 Å². The highest BCUT2D eigenvalue weighted by Gasteiger charge is 2.39. The Morgan fingerprint density at radius 3 is 2.50 bits per heavy atom. The molecule has 1 heterocycles. The van der Waals surface area contributed by atoms with Crippen molar-refractivity contribution in [2.45, 2.75) is 12.8 Å². The summed E-state index contributed by atoms with van der Waals surface area (Å²) in [5.41, 5.74) is 0.0523. The van der Waals surface area contributed by atoms with E-state index in [1.165, 1.54) is 0 Å². The van der Waals surface area contributed by atoms with Gasteiger partial charge in [-0.25, -0.2) is 0 Å². The summed E-state index contributed by atoms with van der Waals surface area (Å²) in [6.07, 6.45) is 1.51. The number of rotatable bonds is 8. The minimum absolute atomic E-state index is 0. The van der Waals surface area contributed by atoms with Gasteiger partial charge in [-0.05, 0) is 44.1 Å². The van der Waals surface area contributed by atoms with E-state index in [1.54, 1.807) is 38.5 Å². The van der Waals surface area contributed by atoms with E-state index in [0.29, 0.717) is 31.0 Å². The molecule has 1 aliphatic heterocycles. The van der Waals surface area contributed by atoms with Crippen LogP contribution in [-0.2, 0) is 9.53 Å². The first-order chi connectivity index (χ1) is 12.1. The topological polar surface area (TPSA) is 88.7 Å². The monoisotopic (exact) mass is 385 g/mol. The molecule has 8 heteroatoms. The number of carbonyl (C=O) groups is 2. The van der Waals surface area contributed by atoms with E-state index in [2.05, 4.69) is 16.0 Å². The van der Waals surface area contributed by atoms with E-state index in [4.69, 9.17) is 9.47 Å². The van der Waals surface area contributed by atoms with Crippen molar-refractivity contribution in [3.8, 4) is 5.75 Å². The van der Waals surface area contributed by atoms with Gasteiger partial charge in [0, 0.05) is 25.8 Å². The Morgan fingerprint density at radius 2 is 1.85 bits per heavy atom. The third-order valence-electron chi connectivity index (χ3n) is 4.49. The van der Waals surface area contributed by atoms with Crippen molar-refractivity contribution in [1.29, 1.82) is 0 Å². The summed E-state index contributed by atoms with van der Waals surface area (Å²) in [6.45, 7) is 2.78. The molecule has 3 N–H and O–H groups in total. The van der Waals surface area contributed by atoms with Gasteiger partial charge in [0.1, 0.15) is 5.75 Å². The van der Waals surface area contributed by atoms with Crippen LogP contribution in [0.2, 0.25) is 0 Å². The number of halogens is 1. The molecule has 7 nitrogen and oxygen atoms in total. The van der Waals surface area contributed by atoms with Crippen molar-refractivity contribution in [2.75, 3.05) is 47.0 Å². The Balaban J connectivity index is 0.00000338. The first kappa shape index (κ1) is 22.2. The van der Waals surface area contributed by atoms with Gasteiger partial charge in [0.15, 0.2) is 0 Å². The van der Waals surface area contributed by atoms with Gasteiger partial charge in [0.05, 0.1) is 19.1 Å². The number of methoxy groups -OCH3 is 2. The molecule has 1 fully saturated rings. The predicted molar refractivity (Wildman–Crippen MR) is 102 cm³/mol. The number of piperidine rings is 1. The molecule has 1 aromatic carbocycles. The van der Waals surface area contributed by atoms with Gasteiger partial charge in [0.2, 0.25) is 5.91 Å². The molecule has 26 heavy (non-hydrogen) atoms. The summed E-state index contributed by atoms with van der Waals surface area (Å²) in [5, 5.41) is 8.98. The third kappa shape index (κ3) is 5.86. The summed E-state index contributed by atoms with van der Waals surface area (Å²) in [5.74, 6) is 0.432. The zero-order valence-electron chi connectivity index (χ0n) is 15.3. The van der Waals surface area contributed by atoms with Crippen molar-refractivity contribution < 1.29 is 19.1 Å². The fourth-order valence-corrected chi connectivity index (χ4v) is 3.02. The molecule has 1 aromatic rings. The number of benzene rings is 1. The molecule has 0 aromatic heterocycles. The lowest BCUT2D eigenvalue weighted by atomic mass is 9.78. The lowest BCUT2D eigenvalue weighted by Gasteiger charge is -2.35. The average Bonchev–Trinajstić information content (AvgIpc) is 2.65. The average molecular weight is 386 g/mol. The second-order valence-electron chi connectivity index (χ2n) is 6.21. The third-order valence-corrected chi connectivity index (χ3v) is 4.49. The summed E-state index contributed by atoms with van der Waals surface area (Å²) in [4.78, 5) is 24.7. The second-order valence-corrected chi connectivity index (χ2v) is 6.21. The SMILES string of the molecule is COCC1(C(=O)NCCNC(=O)c2cccc(OC)c2)CCNCC1.Cl. The molecule has 146 valence electrons. The molecule has 0 spiro atoms. The molecular formula is C18H28ClN3O4. The standard InChI is InChI=1S/C18H27N3O4.ClH/c1-24-13-18(6-8-19-9-7-18)17(23)21-11-10-20-16(22)14-4-3-5-15(12-14)25-2;/h3-5,12,19H,6-11,13H2,1-2H3,(H,20,22)(H,21,23);1H. The van der Waals surface area contributed by atoms with Gasteiger partial charge >= 0.3 is 0 Å². The van der Waals surface area contributed by atoms with Crippen LogP contribution in [0.15, 0.2) is 24.3 Å². The molecule has 1 saturated heterocycles. The summed E-state index contributed by atoms with van der Waals surface area (Å²) >= 11 is 0. The Hall–Kier alpha value is -1.83. The fourth-order valence-electron chi connectivity index (χ4n) is 3.02. The van der Waals surface area contributed by atoms with E-state index in [9.17, 15) is 9.59 Å². The predicted octanol–water partition coefficient (Wildman–Crippen LogP) is 0.979. The van der Waals surface area contributed by atoms with Crippen LogP contribution in [0.3, 0.4) is 0 Å². The molecular weight excluding hydrogens is 358 g/mol. The molecule has 2 rings (SSSR count). The highest BCUT2D eigenvalue weighted by atomic mass is 35.5. The molecule has 0 radical (unpaired) electrons. The van der Waals surface area contributed by atoms with Crippen molar-refractivity contribution >= 4 is 24.2 Å². The highest BCUT2D eigenvalue weighted by Crippen LogP contribution is 2.29. The molecule has 0 atom stereocenters. The van der Waals surface area contributed by atoms with E-state index in [0.717, 1.165) is 25.9 Å². The lowest BCUT2D eigenvalue weighted by Crippen LogP contribution is -2.51. The highest BCUT2D eigenvalue weighted by molar-refractivity contribution is 5.94. The largest absolute Gasteiger partial charge is 0.497 e. The van der Waals surface area contributed by atoms with Crippen LogP contribution in [0.5, 0.6) is 5.75 Å². The minimum atomic E-state index is -0.475. The van der Waals surface area contributed by atoms with Crippen LogP contribution < -0.4 is 20.7 Å². The zero-order valence-corrected chi connectivity index (χ0v) is 16.1. The maximum atomic E-state index is 12.6. The van der Waals surface area contributed by atoms with Crippen LogP contribution in [0, 0.1) is 5.41 Å². The van der Waals surface area contributed by atoms with Crippen LogP contribution in [-0.4, -0.2) is 58.8 Å². The van der Waals surface area contributed by atoms with E-state index in [1.807, 2.05) is 0 Å². The van der Waals surface area contributed by atoms with Gasteiger partial charge < -0.3 is 25.4 Å². The molecule has 1 aliphatic rings. The van der Waals surface area contributed by atoms with Crippen LogP contribution in [0.1, 0.15) is 23.2 Å². The van der Waals surface area contributed by atoms with Gasteiger partial charge in [-0.1, -0.05) is 6.07 Å². The maximum Gasteiger partial charge on any atom is 0.251 e. The number of nitrogens with one attached hydrogen (secondary N) is 3. The maximum absolute atomic E-state index is 12.6. The first-order valence-electron chi connectivity index (χ1n) is 8.51. The molecule has 0 aliphatic carbocycles. The summed E-state index contributed by atoms with van der Waals surface area (Å²) in [7, 11) is 3.18. The Kier molecular flexibility index (Phi) is 9.40. The molecule has 0 bridgehead atoms. The second kappa shape index (κ2) is 11.0. The summed E-state index contributed by atoms with van der Waals surface area (Å²) in [6, 6.07) is 6.95. The van der Waals surface area contributed by atoms with Gasteiger partial charge in [0.25, 0.3) is 5.91 Å². The fraction of sp³-hybridized carbons (Fsp3) is 0.556. The normalized spacial score (nSPS) is 15.5.